The van der Waals surface area contributed by atoms with Crippen LogP contribution < -0.4 is 0 Å². The molecule has 0 atom stereocenters. The van der Waals surface area contributed by atoms with E-state index in [1.165, 1.54) is 13.3 Å². The number of pyridine rings is 1. The lowest BCUT2D eigenvalue weighted by Crippen LogP contribution is -2.01. The smallest absolute Gasteiger partial charge is 0.339 e. The zero-order valence-corrected chi connectivity index (χ0v) is 9.32. The molecule has 0 saturated carbocycles. The van der Waals surface area contributed by atoms with E-state index >= 15 is 0 Å². The number of halogens is 1. The summed E-state index contributed by atoms with van der Waals surface area (Å²) in [4.78, 5) is 15.1. The lowest BCUT2D eigenvalue weighted by atomic mass is 10.2. The Morgan fingerprint density at radius 3 is 3.07 bits per heavy atom. The Morgan fingerprint density at radius 1 is 1.64 bits per heavy atom. The van der Waals surface area contributed by atoms with Crippen LogP contribution in [0.3, 0.4) is 0 Å². The molecule has 3 nitrogen and oxygen atoms in total. The molecule has 0 aromatic carbocycles. The summed E-state index contributed by atoms with van der Waals surface area (Å²) in [5.74, 6) is -0.369. The van der Waals surface area contributed by atoms with Crippen LogP contribution >= 0.6 is 15.9 Å². The van der Waals surface area contributed by atoms with Gasteiger partial charge in [0.25, 0.3) is 0 Å². The van der Waals surface area contributed by atoms with Crippen molar-refractivity contribution >= 4 is 28.0 Å². The van der Waals surface area contributed by atoms with Crippen molar-refractivity contribution < 1.29 is 9.53 Å². The standard InChI is InChI=1S/C10H10BrNO2/c1-14-10(13)9-5-8(3-2-4-11)6-12-7-9/h2-3,5-7H,4H2,1H3. The number of ether oxygens (including phenoxy) is 1. The lowest BCUT2D eigenvalue weighted by molar-refractivity contribution is 0.0600. The molecule has 0 fully saturated rings. The minimum Gasteiger partial charge on any atom is -0.465 e. The van der Waals surface area contributed by atoms with Crippen LogP contribution in [0.15, 0.2) is 24.5 Å². The molecular formula is C10H10BrNO2. The van der Waals surface area contributed by atoms with E-state index < -0.39 is 0 Å². The van der Waals surface area contributed by atoms with Crippen molar-refractivity contribution in [3.05, 3.63) is 35.7 Å². The number of carbonyl (C=O) groups excluding carboxylic acids is 1. The Kier molecular flexibility index (Phi) is 4.32. The molecule has 1 aromatic rings. The fraction of sp³-hybridized carbons (Fsp3) is 0.200. The summed E-state index contributed by atoms with van der Waals surface area (Å²) in [5, 5.41) is 0.773. The van der Waals surface area contributed by atoms with Crippen LogP contribution in [0.2, 0.25) is 0 Å². The minimum absolute atomic E-state index is 0.369. The first-order valence-corrected chi connectivity index (χ1v) is 5.16. The SMILES string of the molecule is COC(=O)c1cncc(C=CCBr)c1. The number of methoxy groups -OCH3 is 1. The number of carbonyl (C=O) groups is 1. The van der Waals surface area contributed by atoms with Crippen molar-refractivity contribution in [1.82, 2.24) is 4.98 Å². The normalized spacial score (nSPS) is 10.4. The highest BCUT2D eigenvalue weighted by Gasteiger charge is 2.04. The summed E-state index contributed by atoms with van der Waals surface area (Å²) in [6.07, 6.45) is 6.98. The van der Waals surface area contributed by atoms with Gasteiger partial charge in [0.15, 0.2) is 0 Å². The molecule has 0 amide bonds. The van der Waals surface area contributed by atoms with Crippen molar-refractivity contribution in [2.75, 3.05) is 12.4 Å². The van der Waals surface area contributed by atoms with Gasteiger partial charge < -0.3 is 4.74 Å². The number of hydrogen-bond acceptors (Lipinski definition) is 3. The zero-order valence-electron chi connectivity index (χ0n) is 7.74. The van der Waals surface area contributed by atoms with E-state index in [-0.39, 0.29) is 5.97 Å². The van der Waals surface area contributed by atoms with Gasteiger partial charge in [-0.1, -0.05) is 28.1 Å². The predicted molar refractivity (Wildman–Crippen MR) is 58.4 cm³/mol. The summed E-state index contributed by atoms with van der Waals surface area (Å²) >= 11 is 3.27. The molecule has 0 N–H and O–H groups in total. The minimum atomic E-state index is -0.369. The molecule has 0 radical (unpaired) electrons. The number of allylic oxidation sites excluding steroid dienone is 1. The topological polar surface area (TPSA) is 39.2 Å². The maximum absolute atomic E-state index is 11.1. The van der Waals surface area contributed by atoms with E-state index in [1.54, 1.807) is 12.3 Å². The molecule has 0 spiro atoms. The summed E-state index contributed by atoms with van der Waals surface area (Å²) < 4.78 is 4.58. The van der Waals surface area contributed by atoms with Gasteiger partial charge in [0.1, 0.15) is 0 Å². The van der Waals surface area contributed by atoms with Crippen molar-refractivity contribution in [1.29, 1.82) is 0 Å². The Bertz CT molecular complexity index is 350. The lowest BCUT2D eigenvalue weighted by Gasteiger charge is -1.98. The van der Waals surface area contributed by atoms with Gasteiger partial charge >= 0.3 is 5.97 Å². The van der Waals surface area contributed by atoms with Crippen LogP contribution in [-0.2, 0) is 4.74 Å². The average molecular weight is 256 g/mol. The quantitative estimate of drug-likeness (QED) is 0.615. The molecule has 0 bridgehead atoms. The average Bonchev–Trinajstić information content (AvgIpc) is 2.25. The molecule has 0 aliphatic heterocycles. The van der Waals surface area contributed by atoms with Gasteiger partial charge in [-0.05, 0) is 11.6 Å². The predicted octanol–water partition coefficient (Wildman–Crippen LogP) is 2.28. The van der Waals surface area contributed by atoms with E-state index in [0.717, 1.165) is 10.9 Å². The molecule has 0 aliphatic rings. The van der Waals surface area contributed by atoms with Crippen LogP contribution in [0, 0.1) is 0 Å². The van der Waals surface area contributed by atoms with Gasteiger partial charge in [-0.3, -0.25) is 4.98 Å². The fourth-order valence-corrected chi connectivity index (χ4v) is 1.15. The van der Waals surface area contributed by atoms with Crippen molar-refractivity contribution in [3.63, 3.8) is 0 Å². The Balaban J connectivity index is 2.89. The number of nitrogens with zero attached hydrogens (tertiary/aromatic N) is 1. The highest BCUT2D eigenvalue weighted by Crippen LogP contribution is 2.06. The number of hydrogen-bond donors (Lipinski definition) is 0. The maximum atomic E-state index is 11.1. The third-order valence-electron chi connectivity index (χ3n) is 1.58. The van der Waals surface area contributed by atoms with Gasteiger partial charge in [0, 0.05) is 17.7 Å². The first-order chi connectivity index (χ1) is 6.77. The zero-order chi connectivity index (χ0) is 10.4. The summed E-state index contributed by atoms with van der Waals surface area (Å²) in [7, 11) is 1.35. The molecule has 14 heavy (non-hydrogen) atoms. The Labute approximate surface area is 90.9 Å². The van der Waals surface area contributed by atoms with Crippen LogP contribution in [0.1, 0.15) is 15.9 Å². The van der Waals surface area contributed by atoms with Crippen molar-refractivity contribution in [3.8, 4) is 0 Å². The first-order valence-electron chi connectivity index (χ1n) is 4.04. The third-order valence-corrected chi connectivity index (χ3v) is 1.95. The third kappa shape index (κ3) is 2.96. The van der Waals surface area contributed by atoms with Gasteiger partial charge in [-0.2, -0.15) is 0 Å². The molecule has 74 valence electrons. The summed E-state index contributed by atoms with van der Waals surface area (Å²) in [6, 6.07) is 1.73. The van der Waals surface area contributed by atoms with Crippen LogP contribution in [0.25, 0.3) is 6.08 Å². The fourth-order valence-electron chi connectivity index (χ4n) is 0.959. The molecule has 4 heteroatoms. The second-order valence-electron chi connectivity index (χ2n) is 2.56. The maximum Gasteiger partial charge on any atom is 0.339 e. The van der Waals surface area contributed by atoms with E-state index in [9.17, 15) is 4.79 Å². The van der Waals surface area contributed by atoms with Crippen LogP contribution in [0.5, 0.6) is 0 Å². The Hall–Kier alpha value is -1.16. The molecular weight excluding hydrogens is 246 g/mol. The van der Waals surface area contributed by atoms with E-state index in [4.69, 9.17) is 0 Å². The number of esters is 1. The van der Waals surface area contributed by atoms with Crippen LogP contribution in [-0.4, -0.2) is 23.4 Å². The van der Waals surface area contributed by atoms with Crippen molar-refractivity contribution in [2.24, 2.45) is 0 Å². The number of rotatable bonds is 3. The Morgan fingerprint density at radius 2 is 2.43 bits per heavy atom. The largest absolute Gasteiger partial charge is 0.465 e. The van der Waals surface area contributed by atoms with Gasteiger partial charge in [0.05, 0.1) is 12.7 Å². The highest BCUT2D eigenvalue weighted by molar-refractivity contribution is 9.09. The van der Waals surface area contributed by atoms with Crippen LogP contribution in [0.4, 0.5) is 0 Å². The summed E-state index contributed by atoms with van der Waals surface area (Å²) in [5.41, 5.74) is 1.34. The summed E-state index contributed by atoms with van der Waals surface area (Å²) in [6.45, 7) is 0. The van der Waals surface area contributed by atoms with E-state index in [2.05, 4.69) is 25.7 Å². The highest BCUT2D eigenvalue weighted by atomic mass is 79.9. The molecule has 0 saturated heterocycles. The number of alkyl halides is 1. The molecule has 0 aliphatic carbocycles. The van der Waals surface area contributed by atoms with Gasteiger partial charge in [0.2, 0.25) is 0 Å². The van der Waals surface area contributed by atoms with Gasteiger partial charge in [-0.25, -0.2) is 4.79 Å². The molecule has 1 heterocycles. The number of aromatic nitrogens is 1. The monoisotopic (exact) mass is 255 g/mol. The van der Waals surface area contributed by atoms with Crippen molar-refractivity contribution in [2.45, 2.75) is 0 Å². The molecule has 0 unspecified atom stereocenters. The second-order valence-corrected chi connectivity index (χ2v) is 3.20. The van der Waals surface area contributed by atoms with E-state index in [0.29, 0.717) is 5.56 Å². The first kappa shape index (κ1) is 10.9. The second kappa shape index (κ2) is 5.54. The van der Waals surface area contributed by atoms with Gasteiger partial charge in [-0.15, -0.1) is 0 Å². The molecule has 1 rings (SSSR count). The molecule has 1 aromatic heterocycles. The van der Waals surface area contributed by atoms with E-state index in [1.807, 2.05) is 12.2 Å².